The van der Waals surface area contributed by atoms with Gasteiger partial charge >= 0.3 is 5.69 Å². The lowest BCUT2D eigenvalue weighted by atomic mass is 10.2. The molecule has 2 N–H and O–H groups in total. The summed E-state index contributed by atoms with van der Waals surface area (Å²) < 4.78 is 0. The molecule has 0 fully saturated rings. The van der Waals surface area contributed by atoms with E-state index in [2.05, 4.69) is 25.6 Å². The minimum atomic E-state index is -0.669. The SMILES string of the molecule is O=[N+]([O-])c1cccc(Nc2ncnc(Nc3ccc(Cl)cn3)c2[N+](=O)[O-])c1. The Balaban J connectivity index is 1.96. The fourth-order valence-corrected chi connectivity index (χ4v) is 2.25. The summed E-state index contributed by atoms with van der Waals surface area (Å²) in [5.41, 5.74) is -0.345. The molecule has 0 unspecified atom stereocenters. The van der Waals surface area contributed by atoms with E-state index in [1.54, 1.807) is 6.07 Å². The predicted molar refractivity (Wildman–Crippen MR) is 97.6 cm³/mol. The van der Waals surface area contributed by atoms with Crippen molar-refractivity contribution in [2.75, 3.05) is 10.6 Å². The van der Waals surface area contributed by atoms with E-state index in [0.29, 0.717) is 10.8 Å². The lowest BCUT2D eigenvalue weighted by Crippen LogP contribution is -2.06. The van der Waals surface area contributed by atoms with Crippen molar-refractivity contribution in [1.82, 2.24) is 15.0 Å². The van der Waals surface area contributed by atoms with Gasteiger partial charge in [0.1, 0.15) is 12.1 Å². The van der Waals surface area contributed by atoms with Gasteiger partial charge in [0.15, 0.2) is 0 Å². The van der Waals surface area contributed by atoms with Crippen molar-refractivity contribution in [3.63, 3.8) is 0 Å². The Bertz CT molecular complexity index is 1010. The normalized spacial score (nSPS) is 10.3. The summed E-state index contributed by atoms with van der Waals surface area (Å²) >= 11 is 5.76. The van der Waals surface area contributed by atoms with Crippen LogP contribution in [-0.4, -0.2) is 24.8 Å². The third kappa shape index (κ3) is 4.22. The van der Waals surface area contributed by atoms with Crippen molar-refractivity contribution < 1.29 is 9.85 Å². The predicted octanol–water partition coefficient (Wildman–Crippen LogP) is 3.83. The van der Waals surface area contributed by atoms with Crippen LogP contribution in [-0.2, 0) is 0 Å². The Hall–Kier alpha value is -3.86. The van der Waals surface area contributed by atoms with Crippen LogP contribution >= 0.6 is 11.6 Å². The van der Waals surface area contributed by atoms with Crippen molar-refractivity contribution in [3.8, 4) is 0 Å². The number of hydrogen-bond acceptors (Lipinski definition) is 9. The van der Waals surface area contributed by atoms with Crippen molar-refractivity contribution in [1.29, 1.82) is 0 Å². The van der Waals surface area contributed by atoms with Crippen LogP contribution in [0.4, 0.5) is 34.5 Å². The molecular weight excluding hydrogens is 378 g/mol. The Morgan fingerprint density at radius 3 is 2.30 bits per heavy atom. The van der Waals surface area contributed by atoms with E-state index in [-0.39, 0.29) is 23.0 Å². The maximum absolute atomic E-state index is 11.5. The third-order valence-corrected chi connectivity index (χ3v) is 3.52. The molecule has 0 atom stereocenters. The minimum absolute atomic E-state index is 0.0993. The van der Waals surface area contributed by atoms with E-state index in [4.69, 9.17) is 11.6 Å². The second kappa shape index (κ2) is 7.58. The molecule has 0 aliphatic rings. The second-order valence-electron chi connectivity index (χ2n) is 5.10. The molecule has 0 aliphatic heterocycles. The fourth-order valence-electron chi connectivity index (χ4n) is 2.14. The summed E-state index contributed by atoms with van der Waals surface area (Å²) in [5.74, 6) is 0.0622. The van der Waals surface area contributed by atoms with Crippen LogP contribution in [0.1, 0.15) is 0 Å². The van der Waals surface area contributed by atoms with Crippen LogP contribution in [0.5, 0.6) is 0 Å². The zero-order valence-electron chi connectivity index (χ0n) is 13.4. The molecule has 0 bridgehead atoms. The first kappa shape index (κ1) is 17.9. The monoisotopic (exact) mass is 387 g/mol. The highest BCUT2D eigenvalue weighted by atomic mass is 35.5. The number of non-ortho nitro benzene ring substituents is 1. The number of pyridine rings is 1. The number of nitro groups is 2. The highest BCUT2D eigenvalue weighted by Crippen LogP contribution is 2.33. The molecule has 3 rings (SSSR count). The topological polar surface area (TPSA) is 149 Å². The van der Waals surface area contributed by atoms with Gasteiger partial charge in [-0.25, -0.2) is 15.0 Å². The molecule has 0 saturated heterocycles. The summed E-state index contributed by atoms with van der Waals surface area (Å²) in [4.78, 5) is 32.9. The minimum Gasteiger partial charge on any atom is -0.334 e. The van der Waals surface area contributed by atoms with Gasteiger partial charge in [0.25, 0.3) is 5.69 Å². The molecule has 0 amide bonds. The molecule has 27 heavy (non-hydrogen) atoms. The molecule has 0 radical (unpaired) electrons. The van der Waals surface area contributed by atoms with Gasteiger partial charge in [0, 0.05) is 24.0 Å². The average Bonchev–Trinajstić information content (AvgIpc) is 2.64. The van der Waals surface area contributed by atoms with Gasteiger partial charge in [-0.05, 0) is 18.2 Å². The maximum atomic E-state index is 11.5. The van der Waals surface area contributed by atoms with Crippen LogP contribution in [0.25, 0.3) is 0 Å². The molecule has 3 aromatic rings. The maximum Gasteiger partial charge on any atom is 0.353 e. The van der Waals surface area contributed by atoms with E-state index in [9.17, 15) is 20.2 Å². The van der Waals surface area contributed by atoms with E-state index < -0.39 is 15.5 Å². The Labute approximate surface area is 156 Å². The van der Waals surface area contributed by atoms with Crippen LogP contribution in [0.15, 0.2) is 48.9 Å². The van der Waals surface area contributed by atoms with Crippen LogP contribution < -0.4 is 10.6 Å². The van der Waals surface area contributed by atoms with E-state index in [1.165, 1.54) is 36.5 Å². The number of benzene rings is 1. The summed E-state index contributed by atoms with van der Waals surface area (Å²) in [6.45, 7) is 0. The van der Waals surface area contributed by atoms with Gasteiger partial charge in [-0.3, -0.25) is 20.2 Å². The highest BCUT2D eigenvalue weighted by molar-refractivity contribution is 6.30. The molecule has 2 aromatic heterocycles. The number of hydrogen-bond donors (Lipinski definition) is 2. The fraction of sp³-hybridized carbons (Fsp3) is 0. The molecular formula is C15H10ClN7O4. The number of anilines is 4. The number of rotatable bonds is 6. The van der Waals surface area contributed by atoms with Gasteiger partial charge in [-0.1, -0.05) is 17.7 Å². The first-order valence-corrected chi connectivity index (χ1v) is 7.71. The Morgan fingerprint density at radius 2 is 1.67 bits per heavy atom. The Morgan fingerprint density at radius 1 is 0.926 bits per heavy atom. The lowest BCUT2D eigenvalue weighted by Gasteiger charge is -2.09. The van der Waals surface area contributed by atoms with Crippen molar-refractivity contribution in [2.24, 2.45) is 0 Å². The average molecular weight is 388 g/mol. The molecule has 2 heterocycles. The summed E-state index contributed by atoms with van der Waals surface area (Å²) in [7, 11) is 0. The second-order valence-corrected chi connectivity index (χ2v) is 5.53. The molecule has 0 spiro atoms. The summed E-state index contributed by atoms with van der Waals surface area (Å²) in [5, 5.41) is 28.3. The standard InChI is InChI=1S/C15H10ClN7O4/c16-9-4-5-12(17-7-9)21-15-13(23(26)27)14(18-8-19-15)20-10-2-1-3-11(6-10)22(24)25/h1-8H,(H2,17,18,19,20,21). The number of nitrogens with zero attached hydrogens (tertiary/aromatic N) is 5. The zero-order chi connectivity index (χ0) is 19.4. The van der Waals surface area contributed by atoms with Crippen molar-refractivity contribution >= 4 is 46.1 Å². The quantitative estimate of drug-likeness (QED) is 0.475. The van der Waals surface area contributed by atoms with Gasteiger partial charge < -0.3 is 10.6 Å². The number of nitrogens with one attached hydrogen (secondary N) is 2. The largest absolute Gasteiger partial charge is 0.353 e. The molecule has 12 heteroatoms. The molecule has 136 valence electrons. The summed E-state index contributed by atoms with van der Waals surface area (Å²) in [6.07, 6.45) is 2.49. The highest BCUT2D eigenvalue weighted by Gasteiger charge is 2.24. The van der Waals surface area contributed by atoms with Crippen molar-refractivity contribution in [2.45, 2.75) is 0 Å². The molecule has 0 aliphatic carbocycles. The molecule has 0 saturated carbocycles. The van der Waals surface area contributed by atoms with E-state index in [1.807, 2.05) is 0 Å². The van der Waals surface area contributed by atoms with Gasteiger partial charge in [-0.2, -0.15) is 0 Å². The van der Waals surface area contributed by atoms with Crippen LogP contribution in [0.3, 0.4) is 0 Å². The number of halogens is 1. The van der Waals surface area contributed by atoms with Crippen LogP contribution in [0.2, 0.25) is 5.02 Å². The lowest BCUT2D eigenvalue weighted by molar-refractivity contribution is -0.384. The van der Waals surface area contributed by atoms with Gasteiger partial charge in [0.2, 0.25) is 11.6 Å². The van der Waals surface area contributed by atoms with Gasteiger partial charge in [-0.15, -0.1) is 0 Å². The third-order valence-electron chi connectivity index (χ3n) is 3.30. The first-order chi connectivity index (χ1) is 12.9. The van der Waals surface area contributed by atoms with E-state index in [0.717, 1.165) is 6.33 Å². The van der Waals surface area contributed by atoms with Crippen LogP contribution in [0, 0.1) is 20.2 Å². The summed E-state index contributed by atoms with van der Waals surface area (Å²) in [6, 6.07) is 8.60. The zero-order valence-corrected chi connectivity index (χ0v) is 14.1. The Kier molecular flexibility index (Phi) is 5.04. The van der Waals surface area contributed by atoms with Crippen molar-refractivity contribution in [3.05, 3.63) is 74.2 Å². The first-order valence-electron chi connectivity index (χ1n) is 7.33. The number of nitro benzene ring substituents is 1. The van der Waals surface area contributed by atoms with Gasteiger partial charge in [0.05, 0.1) is 14.9 Å². The smallest absolute Gasteiger partial charge is 0.334 e. The molecule has 11 nitrogen and oxygen atoms in total. The number of aromatic nitrogens is 3. The molecule has 1 aromatic carbocycles. The van der Waals surface area contributed by atoms with E-state index >= 15 is 0 Å².